The molecule has 1 heterocycles. The van der Waals surface area contributed by atoms with Crippen LogP contribution >= 0.6 is 0 Å². The molecule has 0 aromatic carbocycles. The number of hydrogen-bond donors (Lipinski definition) is 1. The highest BCUT2D eigenvalue weighted by atomic mass is 15.3. The van der Waals surface area contributed by atoms with Gasteiger partial charge >= 0.3 is 0 Å². The molecule has 2 N–H and O–H groups in total. The van der Waals surface area contributed by atoms with Crippen LogP contribution in [0, 0.1) is 11.3 Å². The fourth-order valence-corrected chi connectivity index (χ4v) is 1.88. The lowest BCUT2D eigenvalue weighted by atomic mass is 10.1. The second kappa shape index (κ2) is 5.30. The zero-order valence-electron chi connectivity index (χ0n) is 9.11. The molecule has 80 valence electrons. The van der Waals surface area contributed by atoms with Gasteiger partial charge in [-0.3, -0.25) is 4.90 Å². The van der Waals surface area contributed by atoms with Crippen molar-refractivity contribution >= 4 is 0 Å². The molecule has 4 heteroatoms. The average Bonchev–Trinajstić information content (AvgIpc) is 2.16. The van der Waals surface area contributed by atoms with Crippen molar-refractivity contribution < 1.29 is 0 Å². The largest absolute Gasteiger partial charge is 0.316 e. The Balaban J connectivity index is 2.28. The lowest BCUT2D eigenvalue weighted by molar-refractivity contribution is 0.0985. The van der Waals surface area contributed by atoms with Crippen molar-refractivity contribution in [1.82, 2.24) is 9.80 Å². The molecule has 4 nitrogen and oxygen atoms in total. The summed E-state index contributed by atoms with van der Waals surface area (Å²) >= 11 is 0. The number of hydrogen-bond acceptors (Lipinski definition) is 4. The predicted molar refractivity (Wildman–Crippen MR) is 56.7 cm³/mol. The van der Waals surface area contributed by atoms with E-state index < -0.39 is 0 Å². The lowest BCUT2D eigenvalue weighted by Crippen LogP contribution is -2.51. The quantitative estimate of drug-likeness (QED) is 0.683. The van der Waals surface area contributed by atoms with E-state index in [1.807, 2.05) is 0 Å². The summed E-state index contributed by atoms with van der Waals surface area (Å²) in [6.07, 6.45) is 0.782. The summed E-state index contributed by atoms with van der Waals surface area (Å²) in [6.45, 7) is 6.50. The molecule has 2 unspecified atom stereocenters. The zero-order chi connectivity index (χ0) is 10.6. The van der Waals surface area contributed by atoms with Crippen LogP contribution in [0.15, 0.2) is 0 Å². The molecule has 1 rings (SSSR count). The molecule has 14 heavy (non-hydrogen) atoms. The van der Waals surface area contributed by atoms with Gasteiger partial charge in [0.1, 0.15) is 0 Å². The van der Waals surface area contributed by atoms with E-state index in [-0.39, 0.29) is 6.04 Å². The van der Waals surface area contributed by atoms with E-state index in [0.29, 0.717) is 6.04 Å². The SMILES string of the molecule is CC1CN(C)CCN1CCC(N)C#N. The van der Waals surface area contributed by atoms with Crippen LogP contribution in [0.25, 0.3) is 0 Å². The molecule has 0 aliphatic carbocycles. The Bertz CT molecular complexity index is 211. The first-order chi connectivity index (χ1) is 6.63. The Labute approximate surface area is 86.3 Å². The van der Waals surface area contributed by atoms with Crippen LogP contribution in [0.2, 0.25) is 0 Å². The number of piperazine rings is 1. The molecule has 0 amide bonds. The molecule has 1 fully saturated rings. The Morgan fingerprint density at radius 2 is 2.29 bits per heavy atom. The van der Waals surface area contributed by atoms with E-state index in [0.717, 1.165) is 32.6 Å². The average molecular weight is 196 g/mol. The molecular weight excluding hydrogens is 176 g/mol. The van der Waals surface area contributed by atoms with Crippen molar-refractivity contribution in [2.75, 3.05) is 33.2 Å². The number of nitrogens with zero attached hydrogens (tertiary/aromatic N) is 3. The third kappa shape index (κ3) is 3.26. The van der Waals surface area contributed by atoms with Gasteiger partial charge in [-0.15, -0.1) is 0 Å². The normalized spacial score (nSPS) is 27.1. The fraction of sp³-hybridized carbons (Fsp3) is 0.900. The van der Waals surface area contributed by atoms with Crippen LogP contribution in [0.5, 0.6) is 0 Å². The molecule has 0 saturated carbocycles. The molecule has 1 saturated heterocycles. The first-order valence-electron chi connectivity index (χ1n) is 5.21. The Hall–Kier alpha value is -0.630. The van der Waals surface area contributed by atoms with Crippen molar-refractivity contribution in [1.29, 1.82) is 5.26 Å². The van der Waals surface area contributed by atoms with Gasteiger partial charge in [0.2, 0.25) is 0 Å². The van der Waals surface area contributed by atoms with Crippen molar-refractivity contribution in [2.45, 2.75) is 25.4 Å². The highest BCUT2D eigenvalue weighted by Gasteiger charge is 2.21. The number of likely N-dealkylation sites (N-methyl/N-ethyl adjacent to an activating group) is 1. The van der Waals surface area contributed by atoms with E-state index in [4.69, 9.17) is 11.0 Å². The topological polar surface area (TPSA) is 56.3 Å². The van der Waals surface area contributed by atoms with Gasteiger partial charge in [0, 0.05) is 32.2 Å². The standard InChI is InChI=1S/C10H20N4/c1-9-8-13(2)5-6-14(9)4-3-10(12)7-11/h9-10H,3-6,8,12H2,1-2H3. The monoisotopic (exact) mass is 196 g/mol. The molecule has 1 aliphatic heterocycles. The van der Waals surface area contributed by atoms with Crippen LogP contribution in [0.3, 0.4) is 0 Å². The minimum absolute atomic E-state index is 0.304. The van der Waals surface area contributed by atoms with Crippen LogP contribution in [-0.4, -0.2) is 55.1 Å². The van der Waals surface area contributed by atoms with Gasteiger partial charge in [-0.2, -0.15) is 5.26 Å². The van der Waals surface area contributed by atoms with Crippen LogP contribution in [-0.2, 0) is 0 Å². The van der Waals surface area contributed by atoms with Gasteiger partial charge in [0.25, 0.3) is 0 Å². The van der Waals surface area contributed by atoms with Crippen LogP contribution in [0.1, 0.15) is 13.3 Å². The molecule has 0 radical (unpaired) electrons. The second-order valence-electron chi connectivity index (χ2n) is 4.17. The van der Waals surface area contributed by atoms with Gasteiger partial charge in [0.15, 0.2) is 0 Å². The first kappa shape index (κ1) is 11.4. The van der Waals surface area contributed by atoms with Crippen molar-refractivity contribution in [3.8, 4) is 6.07 Å². The van der Waals surface area contributed by atoms with Crippen molar-refractivity contribution in [3.63, 3.8) is 0 Å². The number of rotatable bonds is 3. The molecule has 1 aliphatic rings. The maximum atomic E-state index is 8.57. The van der Waals surface area contributed by atoms with Crippen LogP contribution < -0.4 is 5.73 Å². The maximum absolute atomic E-state index is 8.57. The second-order valence-corrected chi connectivity index (χ2v) is 4.17. The van der Waals surface area contributed by atoms with Gasteiger partial charge in [-0.1, -0.05) is 0 Å². The third-order valence-electron chi connectivity index (χ3n) is 2.86. The molecule has 0 spiro atoms. The van der Waals surface area contributed by atoms with E-state index in [2.05, 4.69) is 29.8 Å². The third-order valence-corrected chi connectivity index (χ3v) is 2.86. The zero-order valence-corrected chi connectivity index (χ0v) is 9.11. The summed E-state index contributed by atoms with van der Waals surface area (Å²) in [5.41, 5.74) is 5.56. The van der Waals surface area contributed by atoms with Gasteiger partial charge in [-0.05, 0) is 20.4 Å². The number of nitriles is 1. The predicted octanol–water partition coefficient (Wildman–Crippen LogP) is -0.137. The summed E-state index contributed by atoms with van der Waals surface area (Å²) in [6, 6.07) is 2.35. The minimum Gasteiger partial charge on any atom is -0.316 e. The molecule has 0 aromatic heterocycles. The Morgan fingerprint density at radius 1 is 1.57 bits per heavy atom. The summed E-state index contributed by atoms with van der Waals surface area (Å²) in [5, 5.41) is 8.57. The highest BCUT2D eigenvalue weighted by molar-refractivity contribution is 4.88. The minimum atomic E-state index is -0.304. The summed E-state index contributed by atoms with van der Waals surface area (Å²) in [5.74, 6) is 0. The van der Waals surface area contributed by atoms with E-state index in [1.54, 1.807) is 0 Å². The summed E-state index contributed by atoms with van der Waals surface area (Å²) in [7, 11) is 2.15. The molecular formula is C10H20N4. The van der Waals surface area contributed by atoms with Crippen LogP contribution in [0.4, 0.5) is 0 Å². The maximum Gasteiger partial charge on any atom is 0.0940 e. The first-order valence-corrected chi connectivity index (χ1v) is 5.21. The summed E-state index contributed by atoms with van der Waals surface area (Å²) < 4.78 is 0. The Kier molecular flexibility index (Phi) is 4.33. The number of nitrogens with two attached hydrogens (primary N) is 1. The smallest absolute Gasteiger partial charge is 0.0940 e. The van der Waals surface area contributed by atoms with Gasteiger partial charge in [0.05, 0.1) is 12.1 Å². The molecule has 2 atom stereocenters. The van der Waals surface area contributed by atoms with Gasteiger partial charge in [-0.25, -0.2) is 0 Å². The lowest BCUT2D eigenvalue weighted by Gasteiger charge is -2.38. The van der Waals surface area contributed by atoms with E-state index in [9.17, 15) is 0 Å². The summed E-state index contributed by atoms with van der Waals surface area (Å²) in [4.78, 5) is 4.75. The molecule has 0 aromatic rings. The van der Waals surface area contributed by atoms with Crippen molar-refractivity contribution in [2.24, 2.45) is 5.73 Å². The van der Waals surface area contributed by atoms with Gasteiger partial charge < -0.3 is 10.6 Å². The molecule has 0 bridgehead atoms. The van der Waals surface area contributed by atoms with E-state index >= 15 is 0 Å². The highest BCUT2D eigenvalue weighted by Crippen LogP contribution is 2.08. The van der Waals surface area contributed by atoms with Crippen molar-refractivity contribution in [3.05, 3.63) is 0 Å². The van der Waals surface area contributed by atoms with E-state index in [1.165, 1.54) is 0 Å². The fourth-order valence-electron chi connectivity index (χ4n) is 1.88. The Morgan fingerprint density at radius 3 is 2.86 bits per heavy atom.